The maximum Gasteiger partial charge on any atom is 0.254 e. The Labute approximate surface area is 180 Å². The average molecular weight is 416 g/mol. The van der Waals surface area contributed by atoms with Crippen molar-refractivity contribution in [3.63, 3.8) is 0 Å². The van der Waals surface area contributed by atoms with Gasteiger partial charge < -0.3 is 20.1 Å². The molecule has 1 amide bonds. The molecule has 31 heavy (non-hydrogen) atoms. The monoisotopic (exact) mass is 416 g/mol. The fraction of sp³-hybridized carbons (Fsp3) is 0.280. The molecule has 2 aromatic carbocycles. The number of hydrogen-bond donors (Lipinski definition) is 2. The van der Waals surface area contributed by atoms with Crippen LogP contribution in [0.25, 0.3) is 0 Å². The van der Waals surface area contributed by atoms with Gasteiger partial charge in [-0.2, -0.15) is 0 Å². The summed E-state index contributed by atoms with van der Waals surface area (Å²) in [6, 6.07) is 13.3. The summed E-state index contributed by atoms with van der Waals surface area (Å²) in [6.45, 7) is 4.03. The van der Waals surface area contributed by atoms with Crippen molar-refractivity contribution in [2.24, 2.45) is 0 Å². The first kappa shape index (κ1) is 19.4. The number of para-hydroxylation sites is 1. The second-order valence-electron chi connectivity index (χ2n) is 8.15. The molecule has 2 aromatic rings. The number of Topliss-reactive ketones (excluding diaryl/α,β-unsaturated/α-hetero) is 1. The van der Waals surface area contributed by atoms with E-state index in [0.29, 0.717) is 29.1 Å². The van der Waals surface area contributed by atoms with E-state index in [9.17, 15) is 9.59 Å². The van der Waals surface area contributed by atoms with Gasteiger partial charge in [-0.3, -0.25) is 9.59 Å². The highest BCUT2D eigenvalue weighted by Crippen LogP contribution is 2.45. The number of carbonyl (C=O) groups is 2. The minimum absolute atomic E-state index is 0.0881. The van der Waals surface area contributed by atoms with Gasteiger partial charge in [0.15, 0.2) is 17.3 Å². The Morgan fingerprint density at radius 3 is 2.71 bits per heavy atom. The smallest absolute Gasteiger partial charge is 0.254 e. The van der Waals surface area contributed by atoms with Crippen LogP contribution >= 0.6 is 0 Å². The van der Waals surface area contributed by atoms with Crippen molar-refractivity contribution in [3.05, 3.63) is 76.1 Å². The van der Waals surface area contributed by atoms with Gasteiger partial charge in [-0.1, -0.05) is 24.3 Å². The topological polar surface area (TPSA) is 76.7 Å². The van der Waals surface area contributed by atoms with Crippen LogP contribution in [0.15, 0.2) is 65.0 Å². The van der Waals surface area contributed by atoms with E-state index in [4.69, 9.17) is 9.47 Å². The van der Waals surface area contributed by atoms with Crippen LogP contribution in [-0.2, 0) is 9.59 Å². The second-order valence-corrected chi connectivity index (χ2v) is 8.15. The molecule has 6 nitrogen and oxygen atoms in total. The molecule has 3 aliphatic rings. The summed E-state index contributed by atoms with van der Waals surface area (Å²) in [5.74, 6) is 0.728. The Kier molecular flexibility index (Phi) is 4.77. The zero-order chi connectivity index (χ0) is 21.5. The van der Waals surface area contributed by atoms with Crippen LogP contribution < -0.4 is 20.1 Å². The fourth-order valence-electron chi connectivity index (χ4n) is 4.61. The number of carbonyl (C=O) groups excluding carboxylic acids is 2. The highest BCUT2D eigenvalue weighted by atomic mass is 16.7. The minimum atomic E-state index is -0.456. The molecule has 2 aliphatic heterocycles. The predicted molar refractivity (Wildman–Crippen MR) is 117 cm³/mol. The number of ketones is 1. The van der Waals surface area contributed by atoms with Gasteiger partial charge in [0.2, 0.25) is 6.79 Å². The van der Waals surface area contributed by atoms with Crippen molar-refractivity contribution in [2.75, 3.05) is 12.1 Å². The van der Waals surface area contributed by atoms with Gasteiger partial charge in [-0.15, -0.1) is 0 Å². The Morgan fingerprint density at radius 2 is 1.87 bits per heavy atom. The zero-order valence-electron chi connectivity index (χ0n) is 17.6. The van der Waals surface area contributed by atoms with Gasteiger partial charge >= 0.3 is 0 Å². The molecule has 0 bridgehead atoms. The molecule has 2 N–H and O–H groups in total. The molecule has 0 spiro atoms. The maximum atomic E-state index is 13.5. The van der Waals surface area contributed by atoms with Crippen LogP contribution in [0, 0.1) is 6.92 Å². The van der Waals surface area contributed by atoms with Gasteiger partial charge in [0.25, 0.3) is 5.91 Å². The molecule has 0 aromatic heterocycles. The van der Waals surface area contributed by atoms with Gasteiger partial charge in [0, 0.05) is 40.6 Å². The van der Waals surface area contributed by atoms with Crippen LogP contribution in [-0.4, -0.2) is 18.5 Å². The zero-order valence-corrected chi connectivity index (χ0v) is 17.6. The molecule has 1 atom stereocenters. The Bertz CT molecular complexity index is 1160. The van der Waals surface area contributed by atoms with E-state index in [1.165, 1.54) is 0 Å². The molecule has 2 heterocycles. The quantitative estimate of drug-likeness (QED) is 0.779. The van der Waals surface area contributed by atoms with E-state index in [-0.39, 0.29) is 18.5 Å². The second kappa shape index (κ2) is 7.61. The number of fused-ring (bicyclic) bond motifs is 1. The molecule has 0 saturated heterocycles. The van der Waals surface area contributed by atoms with E-state index < -0.39 is 5.92 Å². The number of aryl methyl sites for hydroxylation is 1. The number of dihydropyridines is 1. The molecule has 0 radical (unpaired) electrons. The standard InChI is InChI=1S/C25H24N2O4/c1-14-6-3-4-7-17(14)27-25(29)22-15(2)26-18-8-5-9-19(28)24(18)23(22)16-10-11-20-21(12-16)31-13-30-20/h3-4,6-7,10-12,23,26H,5,8-9,13H2,1-2H3,(H,27,29)/t23-/m1/s1. The SMILES string of the molecule is CC1=C(C(=O)Nc2ccccc2C)[C@@H](c2ccc3c(c2)OCO3)C2=C(CCCC2=O)N1. The first-order chi connectivity index (χ1) is 15.0. The van der Waals surface area contributed by atoms with Crippen molar-refractivity contribution in [1.82, 2.24) is 5.32 Å². The van der Waals surface area contributed by atoms with Crippen LogP contribution in [0.1, 0.15) is 43.2 Å². The largest absolute Gasteiger partial charge is 0.454 e. The number of amides is 1. The number of benzene rings is 2. The molecule has 0 saturated carbocycles. The highest BCUT2D eigenvalue weighted by Gasteiger charge is 2.39. The number of hydrogen-bond acceptors (Lipinski definition) is 5. The lowest BCUT2D eigenvalue weighted by atomic mass is 9.75. The molecule has 0 unspecified atom stereocenters. The average Bonchev–Trinajstić information content (AvgIpc) is 3.22. The van der Waals surface area contributed by atoms with E-state index in [0.717, 1.165) is 41.1 Å². The Hall–Kier alpha value is -3.54. The van der Waals surface area contributed by atoms with E-state index in [1.807, 2.05) is 56.3 Å². The molecule has 5 rings (SSSR count). The van der Waals surface area contributed by atoms with Gasteiger partial charge in [-0.05, 0) is 56.0 Å². The van der Waals surface area contributed by atoms with Crippen LogP contribution in [0.4, 0.5) is 5.69 Å². The summed E-state index contributed by atoms with van der Waals surface area (Å²) in [4.78, 5) is 26.6. The van der Waals surface area contributed by atoms with E-state index in [2.05, 4.69) is 10.6 Å². The molecule has 1 aliphatic carbocycles. The summed E-state index contributed by atoms with van der Waals surface area (Å²) >= 11 is 0. The fourth-order valence-corrected chi connectivity index (χ4v) is 4.61. The molecular formula is C25H24N2O4. The number of nitrogens with one attached hydrogen (secondary N) is 2. The predicted octanol–water partition coefficient (Wildman–Crippen LogP) is 4.33. The summed E-state index contributed by atoms with van der Waals surface area (Å²) < 4.78 is 11.0. The third-order valence-electron chi connectivity index (χ3n) is 6.14. The Morgan fingerprint density at radius 1 is 1.06 bits per heavy atom. The summed E-state index contributed by atoms with van der Waals surface area (Å²) in [5, 5.41) is 6.40. The van der Waals surface area contributed by atoms with Gasteiger partial charge in [-0.25, -0.2) is 0 Å². The van der Waals surface area contributed by atoms with Crippen LogP contribution in [0.2, 0.25) is 0 Å². The summed E-state index contributed by atoms with van der Waals surface area (Å²) in [6.07, 6.45) is 2.11. The molecule has 158 valence electrons. The highest BCUT2D eigenvalue weighted by molar-refractivity contribution is 6.10. The summed E-state index contributed by atoms with van der Waals surface area (Å²) in [5.41, 5.74) is 5.51. The van der Waals surface area contributed by atoms with Gasteiger partial charge in [0.1, 0.15) is 0 Å². The normalized spacial score (nSPS) is 19.8. The first-order valence-electron chi connectivity index (χ1n) is 10.5. The molecule has 0 fully saturated rings. The van der Waals surface area contributed by atoms with Crippen LogP contribution in [0.3, 0.4) is 0 Å². The maximum absolute atomic E-state index is 13.5. The molecule has 6 heteroatoms. The van der Waals surface area contributed by atoms with E-state index in [1.54, 1.807) is 0 Å². The lowest BCUT2D eigenvalue weighted by Crippen LogP contribution is -2.35. The lowest BCUT2D eigenvalue weighted by molar-refractivity contribution is -0.116. The Balaban J connectivity index is 1.60. The van der Waals surface area contributed by atoms with Crippen molar-refractivity contribution in [3.8, 4) is 11.5 Å². The van der Waals surface area contributed by atoms with Crippen molar-refractivity contribution < 1.29 is 19.1 Å². The third-order valence-corrected chi connectivity index (χ3v) is 6.14. The lowest BCUT2D eigenvalue weighted by Gasteiger charge is -2.34. The molecular weight excluding hydrogens is 392 g/mol. The van der Waals surface area contributed by atoms with Crippen molar-refractivity contribution in [2.45, 2.75) is 39.0 Å². The number of allylic oxidation sites excluding steroid dienone is 3. The number of anilines is 1. The van der Waals surface area contributed by atoms with Crippen molar-refractivity contribution >= 4 is 17.4 Å². The van der Waals surface area contributed by atoms with Crippen molar-refractivity contribution in [1.29, 1.82) is 0 Å². The minimum Gasteiger partial charge on any atom is -0.454 e. The van der Waals surface area contributed by atoms with E-state index >= 15 is 0 Å². The summed E-state index contributed by atoms with van der Waals surface area (Å²) in [7, 11) is 0. The number of ether oxygens (including phenoxy) is 2. The van der Waals surface area contributed by atoms with Gasteiger partial charge in [0.05, 0.1) is 0 Å². The first-order valence-corrected chi connectivity index (χ1v) is 10.5. The number of rotatable bonds is 3. The third kappa shape index (κ3) is 3.38. The van der Waals surface area contributed by atoms with Crippen LogP contribution in [0.5, 0.6) is 11.5 Å².